The normalized spacial score (nSPS) is 12.5. The lowest BCUT2D eigenvalue weighted by Crippen LogP contribution is -2.29. The van der Waals surface area contributed by atoms with Crippen LogP contribution in [0, 0.1) is 5.82 Å². The Morgan fingerprint density at radius 2 is 1.89 bits per heavy atom. The van der Waals surface area contributed by atoms with Gasteiger partial charge in [-0.2, -0.15) is 0 Å². The highest BCUT2D eigenvalue weighted by Crippen LogP contribution is 2.34. The molecule has 0 aliphatic rings. The number of nitrogens with one attached hydrogen (secondary N) is 1. The molecule has 0 aliphatic heterocycles. The van der Waals surface area contributed by atoms with Gasteiger partial charge in [-0.15, -0.1) is 11.3 Å². The summed E-state index contributed by atoms with van der Waals surface area (Å²) in [7, 11) is -2.53. The number of benzene rings is 1. The van der Waals surface area contributed by atoms with Gasteiger partial charge in [-0.25, -0.2) is 12.8 Å². The van der Waals surface area contributed by atoms with E-state index in [0.29, 0.717) is 17.9 Å². The van der Waals surface area contributed by atoms with E-state index in [0.717, 1.165) is 30.3 Å². The molecule has 0 saturated carbocycles. The summed E-state index contributed by atoms with van der Waals surface area (Å²) in [6.45, 7) is 1.98. The van der Waals surface area contributed by atoms with E-state index in [1.165, 1.54) is 14.0 Å². The van der Waals surface area contributed by atoms with Crippen molar-refractivity contribution in [3.8, 4) is 0 Å². The molecule has 2 amide bonds. The molecule has 0 spiro atoms. The van der Waals surface area contributed by atoms with Gasteiger partial charge in [-0.05, 0) is 37.3 Å². The number of carbonyl (C=O) groups is 2. The molecule has 0 saturated heterocycles. The first-order valence-corrected chi connectivity index (χ1v) is 10.3. The number of nitrogens with two attached hydrogens (primary N) is 1. The zero-order valence-corrected chi connectivity index (χ0v) is 16.7. The summed E-state index contributed by atoms with van der Waals surface area (Å²) in [5.74, 6) is -2.07. The monoisotopic (exact) mass is 430 g/mol. The molecule has 2 rings (SSSR count). The molecule has 1 heterocycles. The fraction of sp³-hybridized carbons (Fsp3) is 0.294. The van der Waals surface area contributed by atoms with Crippen molar-refractivity contribution in [2.75, 3.05) is 25.6 Å². The maximum atomic E-state index is 13.1. The average Bonchev–Trinajstić information content (AvgIpc) is 3.07. The van der Waals surface area contributed by atoms with Crippen LogP contribution in [-0.2, 0) is 24.1 Å². The van der Waals surface area contributed by atoms with Crippen LogP contribution in [0.15, 0.2) is 39.4 Å². The van der Waals surface area contributed by atoms with Gasteiger partial charge < -0.3 is 20.5 Å². The van der Waals surface area contributed by atoms with Gasteiger partial charge in [0.15, 0.2) is 0 Å². The predicted molar refractivity (Wildman–Crippen MR) is 101 cm³/mol. The molecule has 2 aromatic rings. The van der Waals surface area contributed by atoms with E-state index in [-0.39, 0.29) is 26.3 Å². The maximum absolute atomic E-state index is 13.1. The van der Waals surface area contributed by atoms with E-state index in [1.807, 2.05) is 0 Å². The van der Waals surface area contributed by atoms with E-state index in [1.54, 1.807) is 0 Å². The lowest BCUT2D eigenvalue weighted by molar-refractivity contribution is -0.127. The van der Waals surface area contributed by atoms with Gasteiger partial charge in [-0.3, -0.25) is 9.59 Å². The Balaban J connectivity index is 2.29. The zero-order chi connectivity index (χ0) is 20.9. The highest BCUT2D eigenvalue weighted by molar-refractivity contribution is 7.93. The van der Waals surface area contributed by atoms with Crippen molar-refractivity contribution >= 4 is 38.0 Å². The highest BCUT2D eigenvalue weighted by Gasteiger charge is 2.26. The number of hydrogen-bond donors (Lipinski definition) is 2. The average molecular weight is 430 g/mol. The first-order valence-electron chi connectivity index (χ1n) is 8.02. The molecule has 11 heteroatoms. The van der Waals surface area contributed by atoms with Crippen molar-refractivity contribution in [1.29, 1.82) is 0 Å². The fourth-order valence-corrected chi connectivity index (χ4v) is 4.88. The van der Waals surface area contributed by atoms with Crippen LogP contribution in [-0.4, -0.2) is 46.7 Å². The van der Waals surface area contributed by atoms with E-state index in [4.69, 9.17) is 15.2 Å². The largest absolute Gasteiger partial charge is 0.382 e. The molecule has 28 heavy (non-hydrogen) atoms. The van der Waals surface area contributed by atoms with Crippen LogP contribution < -0.4 is 11.1 Å². The summed E-state index contributed by atoms with van der Waals surface area (Å²) in [6, 6.07) is 5.32. The summed E-state index contributed by atoms with van der Waals surface area (Å²) in [5, 5.41) is 2.45. The first kappa shape index (κ1) is 22.0. The summed E-state index contributed by atoms with van der Waals surface area (Å²) >= 11 is 0.673. The first-order chi connectivity index (χ1) is 13.2. The zero-order valence-electron chi connectivity index (χ0n) is 15.1. The van der Waals surface area contributed by atoms with Crippen LogP contribution in [0.1, 0.15) is 17.3 Å². The van der Waals surface area contributed by atoms with Gasteiger partial charge in [0.1, 0.15) is 21.1 Å². The molecule has 1 atom stereocenters. The van der Waals surface area contributed by atoms with Crippen LogP contribution >= 0.6 is 11.3 Å². The van der Waals surface area contributed by atoms with E-state index >= 15 is 0 Å². The van der Waals surface area contributed by atoms with E-state index < -0.39 is 33.6 Å². The second-order valence-corrected chi connectivity index (χ2v) is 8.85. The van der Waals surface area contributed by atoms with Crippen LogP contribution in [0.5, 0.6) is 0 Å². The summed E-state index contributed by atoms with van der Waals surface area (Å²) in [5.41, 5.74) is 5.15. The molecule has 0 bridgehead atoms. The number of methoxy groups -OCH3 is 1. The Bertz CT molecular complexity index is 957. The van der Waals surface area contributed by atoms with Crippen molar-refractivity contribution in [1.82, 2.24) is 0 Å². The number of amides is 2. The number of ether oxygens (including phenoxy) is 2. The summed E-state index contributed by atoms with van der Waals surface area (Å²) < 4.78 is 48.4. The van der Waals surface area contributed by atoms with Crippen molar-refractivity contribution in [2.24, 2.45) is 5.73 Å². The third-order valence-electron chi connectivity index (χ3n) is 3.62. The predicted octanol–water partition coefficient (Wildman–Crippen LogP) is 1.81. The summed E-state index contributed by atoms with van der Waals surface area (Å²) in [6.07, 6.45) is -0.866. The number of sulfone groups is 1. The number of carbonyl (C=O) groups excluding carboxylic acids is 2. The molecule has 0 aliphatic carbocycles. The van der Waals surface area contributed by atoms with Crippen molar-refractivity contribution in [2.45, 2.75) is 22.1 Å². The van der Waals surface area contributed by atoms with E-state index in [9.17, 15) is 22.4 Å². The molecule has 0 fully saturated rings. The second-order valence-electron chi connectivity index (χ2n) is 5.62. The minimum atomic E-state index is -4.02. The number of halogens is 1. The Kier molecular flexibility index (Phi) is 7.24. The number of thiophene rings is 1. The number of anilines is 1. The van der Waals surface area contributed by atoms with Crippen LogP contribution in [0.4, 0.5) is 9.39 Å². The molecule has 152 valence electrons. The second kappa shape index (κ2) is 9.24. The van der Waals surface area contributed by atoms with Gasteiger partial charge in [-0.1, -0.05) is 0 Å². The Hall–Kier alpha value is -2.34. The smallest absolute Gasteiger partial charge is 0.253 e. The number of hydrogen-bond acceptors (Lipinski definition) is 7. The van der Waals surface area contributed by atoms with Gasteiger partial charge >= 0.3 is 0 Å². The molecule has 8 nitrogen and oxygen atoms in total. The lowest BCUT2D eigenvalue weighted by atomic mass is 10.3. The molecular formula is C17H19FN2O6S2. The number of primary amides is 1. The highest BCUT2D eigenvalue weighted by atomic mass is 32.2. The lowest BCUT2D eigenvalue weighted by Gasteiger charge is -2.12. The molecule has 1 aromatic heterocycles. The van der Waals surface area contributed by atoms with Crippen molar-refractivity contribution in [3.63, 3.8) is 0 Å². The molecule has 3 N–H and O–H groups in total. The third-order valence-corrected chi connectivity index (χ3v) is 6.92. The summed E-state index contributed by atoms with van der Waals surface area (Å²) in [4.78, 5) is 23.8. The van der Waals surface area contributed by atoms with Crippen LogP contribution in [0.25, 0.3) is 0 Å². The van der Waals surface area contributed by atoms with Crippen molar-refractivity contribution < 1.29 is 31.9 Å². The van der Waals surface area contributed by atoms with Crippen LogP contribution in [0.3, 0.4) is 0 Å². The third kappa shape index (κ3) is 5.13. The van der Waals surface area contributed by atoms with Gasteiger partial charge in [0.2, 0.25) is 9.84 Å². The van der Waals surface area contributed by atoms with Crippen LogP contribution in [0.2, 0.25) is 0 Å². The Labute approximate surface area is 165 Å². The molecule has 1 unspecified atom stereocenters. The van der Waals surface area contributed by atoms with Gasteiger partial charge in [0.25, 0.3) is 11.8 Å². The molecule has 0 radical (unpaired) electrons. The van der Waals surface area contributed by atoms with Crippen molar-refractivity contribution in [3.05, 3.63) is 41.7 Å². The van der Waals surface area contributed by atoms with Gasteiger partial charge in [0, 0.05) is 7.11 Å². The number of rotatable bonds is 9. The molecule has 1 aromatic carbocycles. The Morgan fingerprint density at radius 3 is 2.46 bits per heavy atom. The topological polar surface area (TPSA) is 125 Å². The standard InChI is InChI=1S/C17H19FN2O6S2/c1-10(26-8-7-25-2)16(22)20-17-13(15(19)21)9-14(27-17)28(23,24)12-5-3-11(18)4-6-12/h3-6,9-10H,7-8H2,1-2H3,(H2,19,21)(H,20,22). The van der Waals surface area contributed by atoms with E-state index in [2.05, 4.69) is 5.32 Å². The SMILES string of the molecule is COCCOC(C)C(=O)Nc1sc(S(=O)(=O)c2ccc(F)cc2)cc1C(N)=O. The maximum Gasteiger partial charge on any atom is 0.253 e. The Morgan fingerprint density at radius 1 is 1.25 bits per heavy atom. The molecular weight excluding hydrogens is 411 g/mol. The fourth-order valence-electron chi connectivity index (χ4n) is 2.10. The quantitative estimate of drug-likeness (QED) is 0.462. The minimum Gasteiger partial charge on any atom is -0.382 e. The van der Waals surface area contributed by atoms with Gasteiger partial charge in [0.05, 0.1) is 23.7 Å². The minimum absolute atomic E-state index is 0.0135.